The number of rotatable bonds is 24. The van der Waals surface area contributed by atoms with Crippen LogP contribution >= 0.6 is 0 Å². The minimum atomic E-state index is -4.48. The highest BCUT2D eigenvalue weighted by Gasteiger charge is 2.32. The molecule has 9 rings (SSSR count). The van der Waals surface area contributed by atoms with Gasteiger partial charge in [0.15, 0.2) is 16.9 Å². The molecule has 3 aromatic carbocycles. The summed E-state index contributed by atoms with van der Waals surface area (Å²) in [5, 5.41) is 31.0. The fourth-order valence-corrected chi connectivity index (χ4v) is 9.55. The molecule has 2 atom stereocenters. The summed E-state index contributed by atoms with van der Waals surface area (Å²) in [6.07, 6.45) is -0.0632. The van der Waals surface area contributed by atoms with E-state index >= 15 is 0 Å². The van der Waals surface area contributed by atoms with Crippen LogP contribution in [0, 0.1) is 13.8 Å². The lowest BCUT2D eigenvalue weighted by Gasteiger charge is -2.20. The van der Waals surface area contributed by atoms with E-state index in [0.717, 1.165) is 51.3 Å². The second-order valence-electron chi connectivity index (χ2n) is 21.4. The molecule has 0 aliphatic heterocycles. The third-order valence-corrected chi connectivity index (χ3v) is 14.6. The first-order chi connectivity index (χ1) is 46.0. The highest BCUT2D eigenvalue weighted by molar-refractivity contribution is 5.98. The van der Waals surface area contributed by atoms with Crippen molar-refractivity contribution in [2.75, 3.05) is 77.3 Å². The molecule has 0 unspecified atom stereocenters. The zero-order valence-electron chi connectivity index (χ0n) is 53.3. The van der Waals surface area contributed by atoms with E-state index in [-0.39, 0.29) is 105 Å². The summed E-state index contributed by atoms with van der Waals surface area (Å²) >= 11 is 0. The lowest BCUT2D eigenvalue weighted by atomic mass is 10.1. The van der Waals surface area contributed by atoms with Crippen LogP contribution in [0.5, 0.6) is 5.75 Å². The summed E-state index contributed by atoms with van der Waals surface area (Å²) < 4.78 is 54.0. The number of nitrogen functional groups attached to an aromatic ring is 6. The van der Waals surface area contributed by atoms with Crippen LogP contribution in [0.3, 0.4) is 0 Å². The molecule has 0 radical (unpaired) electrons. The first-order valence-corrected chi connectivity index (χ1v) is 29.6. The van der Waals surface area contributed by atoms with Gasteiger partial charge >= 0.3 is 30.1 Å². The first kappa shape index (κ1) is 74.8. The minimum Gasteiger partial charge on any atom is -0.497 e. The van der Waals surface area contributed by atoms with E-state index in [0.29, 0.717) is 51.8 Å². The zero-order chi connectivity index (χ0) is 70.8. The van der Waals surface area contributed by atoms with E-state index in [4.69, 9.17) is 53.7 Å². The number of aryl methyl sites for hydroxylation is 2. The van der Waals surface area contributed by atoms with E-state index in [1.165, 1.54) is 13.2 Å². The Labute approximate surface area is 558 Å². The Morgan fingerprint density at radius 2 is 1.09 bits per heavy atom. The number of amides is 2. The van der Waals surface area contributed by atoms with Gasteiger partial charge in [-0.3, -0.25) is 19.2 Å². The lowest BCUT2D eigenvalue weighted by molar-refractivity contribution is -0.147. The number of methoxy groups -OCH3 is 1. The number of carboxylic acids is 2. The van der Waals surface area contributed by atoms with Gasteiger partial charge in [0.25, 0.3) is 11.8 Å². The van der Waals surface area contributed by atoms with Gasteiger partial charge in [0.05, 0.1) is 42.0 Å². The van der Waals surface area contributed by atoms with E-state index in [2.05, 4.69) is 66.1 Å². The number of ether oxygens (including phenoxy) is 3. The van der Waals surface area contributed by atoms with Gasteiger partial charge in [0.2, 0.25) is 17.8 Å². The Balaban J connectivity index is 0.000000233. The average molecular weight is 1360 g/mol. The van der Waals surface area contributed by atoms with Crippen LogP contribution in [0.1, 0.15) is 101 Å². The molecule has 98 heavy (non-hydrogen) atoms. The van der Waals surface area contributed by atoms with Gasteiger partial charge in [-0.25, -0.2) is 24.5 Å². The fraction of sp³-hybridized carbons (Fsp3) is 0.297. The summed E-state index contributed by atoms with van der Waals surface area (Å²) in [7, 11) is 3.17. The van der Waals surface area contributed by atoms with Crippen molar-refractivity contribution in [3.8, 4) is 5.75 Å². The molecule has 0 bridgehead atoms. The SMILES string of the molecule is C.CCOC(=O)CC[C@H](NC(=O)c1ccc(NCc2cnc3nc(N)nc(N)c3c2C)cc1)C(=O)OCC.CN(Cc1cnc2nc(N)nc(N)c2c1)c1ccc(C(=O)N[C@@H](CCC(=O)O)C(=O)O)cc1.COc1cc(NCc2cnc3nc(N)nc(N)c3c2C)cc(C(F)(F)F)c1. The maximum atomic E-state index is 13.0. The summed E-state index contributed by atoms with van der Waals surface area (Å²) in [6.45, 7) is 8.63. The van der Waals surface area contributed by atoms with Gasteiger partial charge < -0.3 is 85.0 Å². The molecule has 18 N–H and O–H groups in total. The van der Waals surface area contributed by atoms with Crippen LogP contribution in [0.2, 0.25) is 0 Å². The molecule has 6 aromatic heterocycles. The predicted octanol–water partition coefficient (Wildman–Crippen LogP) is 6.76. The average Bonchev–Trinajstić information content (AvgIpc) is 0.802. The number of nitrogens with one attached hydrogen (secondary N) is 4. The fourth-order valence-electron chi connectivity index (χ4n) is 9.55. The molecule has 2 amide bonds. The molecule has 0 aliphatic rings. The molecule has 0 fully saturated rings. The third-order valence-electron chi connectivity index (χ3n) is 14.6. The van der Waals surface area contributed by atoms with Crippen molar-refractivity contribution in [2.24, 2.45) is 0 Å². The number of hydrogen-bond acceptors (Lipinski definition) is 27. The first-order valence-electron chi connectivity index (χ1n) is 29.6. The third kappa shape index (κ3) is 20.1. The number of pyridine rings is 3. The van der Waals surface area contributed by atoms with Crippen molar-refractivity contribution in [3.05, 3.63) is 136 Å². The minimum absolute atomic E-state index is 0. The van der Waals surface area contributed by atoms with Crippen LogP contribution < -0.4 is 65.3 Å². The normalized spacial score (nSPS) is 11.5. The van der Waals surface area contributed by atoms with Crippen LogP contribution in [0.15, 0.2) is 91.4 Å². The van der Waals surface area contributed by atoms with Gasteiger partial charge in [0, 0.05) is 92.4 Å². The number of benzene rings is 3. The monoisotopic (exact) mass is 1360 g/mol. The summed E-state index contributed by atoms with van der Waals surface area (Å²) in [5.74, 6) is -3.58. The standard InChI is InChI=1S/C25H31N7O5.C21H23N7O5.C17H17F3N6O.CH4/c1-4-36-19(33)11-10-18(24(35)37-5-2)30-23(34)15-6-8-17(9-7-15)28-12-16-13-29-22-20(14(16)3)21(26)31-25(27)32-22;1-28(10-11-8-14-17(22)26-21(23)27-18(14)24-9-11)13-4-2-12(3-5-13)19(31)25-15(20(32)33)6-7-16(29)30;1-8-9(7-24-15-13(8)14(21)25-16(22)26-15)6-23-11-3-10(17(18,19)20)4-12(5-11)27-2;/h6-9,13,18,28H,4-5,10-12H2,1-3H3,(H,30,34)(H4,26,27,29,31,32);2-5,8-9,15H,6-7,10H2,1H3,(H,25,31)(H,29,30)(H,32,33)(H4,22,23,24,26,27);3-5,7,23H,6H2,1-2H3,(H4,21,22,24,25,26);1H4/t18-;15-;;/m00../s1. The number of carbonyl (C=O) groups excluding carboxylic acids is 4. The Kier molecular flexibility index (Phi) is 25.7. The number of anilines is 9. The highest BCUT2D eigenvalue weighted by Crippen LogP contribution is 2.35. The molecule has 0 saturated carbocycles. The smallest absolute Gasteiger partial charge is 0.416 e. The Morgan fingerprint density at radius 1 is 0.602 bits per heavy atom. The number of hydrogen-bond donors (Lipinski definition) is 12. The number of fused-ring (bicyclic) bond motifs is 3. The van der Waals surface area contributed by atoms with Gasteiger partial charge in [-0.05, 0) is 135 Å². The van der Waals surface area contributed by atoms with Gasteiger partial charge in [-0.2, -0.15) is 43.1 Å². The second kappa shape index (κ2) is 33.7. The summed E-state index contributed by atoms with van der Waals surface area (Å²) in [6, 6.07) is 16.3. The number of carboxylic acid groups (broad SMARTS) is 2. The van der Waals surface area contributed by atoms with Crippen LogP contribution in [-0.4, -0.2) is 130 Å². The highest BCUT2D eigenvalue weighted by atomic mass is 19.4. The second-order valence-corrected chi connectivity index (χ2v) is 21.4. The van der Waals surface area contributed by atoms with Crippen molar-refractivity contribution >= 4 is 121 Å². The molecule has 0 saturated heterocycles. The van der Waals surface area contributed by atoms with E-state index < -0.39 is 59.5 Å². The number of aliphatic carboxylic acids is 2. The number of nitrogens with two attached hydrogens (primary N) is 6. The lowest BCUT2D eigenvalue weighted by Crippen LogP contribution is -2.42. The van der Waals surface area contributed by atoms with Gasteiger partial charge in [0.1, 0.15) is 35.3 Å². The van der Waals surface area contributed by atoms with Crippen LogP contribution in [-0.2, 0) is 54.5 Å². The maximum Gasteiger partial charge on any atom is 0.416 e. The van der Waals surface area contributed by atoms with E-state index in [1.807, 2.05) is 31.9 Å². The molecule has 0 spiro atoms. The Morgan fingerprint density at radius 3 is 1.60 bits per heavy atom. The topological polar surface area (TPSA) is 494 Å². The number of nitrogens with zero attached hydrogens (tertiary/aromatic N) is 10. The Bertz CT molecular complexity index is 4360. The quantitative estimate of drug-likeness (QED) is 0.0278. The largest absolute Gasteiger partial charge is 0.497 e. The predicted molar refractivity (Wildman–Crippen MR) is 362 cm³/mol. The van der Waals surface area contributed by atoms with Crippen molar-refractivity contribution in [1.82, 2.24) is 55.5 Å². The van der Waals surface area contributed by atoms with Gasteiger partial charge in [-0.1, -0.05) is 7.43 Å². The number of alkyl halides is 3. The molecule has 31 nitrogen and oxygen atoms in total. The van der Waals surface area contributed by atoms with Crippen LogP contribution in [0.4, 0.5) is 65.5 Å². The molecular weight excluding hydrogens is 1280 g/mol. The van der Waals surface area contributed by atoms with Crippen molar-refractivity contribution in [1.29, 1.82) is 0 Å². The molecule has 518 valence electrons. The number of esters is 2. The van der Waals surface area contributed by atoms with E-state index in [1.54, 1.807) is 81.0 Å². The van der Waals surface area contributed by atoms with Crippen molar-refractivity contribution in [2.45, 2.75) is 98.7 Å². The summed E-state index contributed by atoms with van der Waals surface area (Å²) in [5.41, 5.74) is 41.6. The van der Waals surface area contributed by atoms with Gasteiger partial charge in [-0.15, -0.1) is 0 Å². The summed E-state index contributed by atoms with van der Waals surface area (Å²) in [4.78, 5) is 110. The maximum absolute atomic E-state index is 13.0. The molecule has 34 heteroatoms. The number of halogens is 3. The molecule has 0 aliphatic carbocycles. The molecule has 6 heterocycles. The Hall–Kier alpha value is -12.3. The molecule has 9 aromatic rings. The van der Waals surface area contributed by atoms with Crippen LogP contribution in [0.25, 0.3) is 33.1 Å². The number of aromatic nitrogens is 9. The number of carbonyl (C=O) groups is 6. The van der Waals surface area contributed by atoms with Crippen molar-refractivity contribution in [3.63, 3.8) is 0 Å². The molecular formula is C64H75F3N20O11. The van der Waals surface area contributed by atoms with E-state index in [9.17, 15) is 47.0 Å². The van der Waals surface area contributed by atoms with Crippen molar-refractivity contribution < 1.29 is 66.4 Å². The zero-order valence-corrected chi connectivity index (χ0v) is 53.3.